The van der Waals surface area contributed by atoms with Crippen LogP contribution in [-0.2, 0) is 5.54 Å². The van der Waals surface area contributed by atoms with Crippen molar-refractivity contribution in [2.75, 3.05) is 0 Å². The smallest absolute Gasteiger partial charge is 0.337 e. The van der Waals surface area contributed by atoms with Crippen LogP contribution < -0.4 is 5.73 Å². The van der Waals surface area contributed by atoms with Crippen molar-refractivity contribution < 1.29 is 17.7 Å². The van der Waals surface area contributed by atoms with Crippen molar-refractivity contribution in [1.29, 1.82) is 0 Å². The zero-order valence-corrected chi connectivity index (χ0v) is 9.80. The largest absolute Gasteiger partial charge is 0.415 e. The third-order valence-electron chi connectivity index (χ3n) is 3.30. The number of nitrogens with two attached hydrogens (primary N) is 1. The number of rotatable bonds is 2. The first-order chi connectivity index (χ1) is 7.56. The molecule has 0 amide bonds. The van der Waals surface area contributed by atoms with Crippen LogP contribution in [0.5, 0.6) is 0 Å². The molecule has 0 aliphatic heterocycles. The van der Waals surface area contributed by atoms with E-state index < -0.39 is 17.6 Å². The Morgan fingerprint density at radius 1 is 1.41 bits per heavy atom. The van der Waals surface area contributed by atoms with Gasteiger partial charge in [-0.25, -0.2) is 0 Å². The van der Waals surface area contributed by atoms with Crippen molar-refractivity contribution in [2.24, 2.45) is 11.1 Å². The molecule has 1 aromatic heterocycles. The number of nitrogens with zero attached hydrogens (tertiary/aromatic N) is 2. The summed E-state index contributed by atoms with van der Waals surface area (Å²) in [7, 11) is 0. The number of hydrogen-bond acceptors (Lipinski definition) is 4. The first-order valence-electron chi connectivity index (χ1n) is 5.25. The molecule has 0 spiro atoms. The molecule has 1 aliphatic carbocycles. The molecule has 96 valence electrons. The number of alkyl halides is 3. The molecule has 2 N–H and O–H groups in total. The minimum atomic E-state index is -4.62. The molecule has 0 aromatic carbocycles. The van der Waals surface area contributed by atoms with Crippen molar-refractivity contribution in [3.8, 4) is 0 Å². The molecule has 1 saturated carbocycles. The Bertz CT molecular complexity index is 436. The van der Waals surface area contributed by atoms with E-state index in [2.05, 4.69) is 14.7 Å². The van der Waals surface area contributed by atoms with Crippen LogP contribution in [0.4, 0.5) is 13.2 Å². The normalized spacial score (nSPS) is 26.6. The molecule has 17 heavy (non-hydrogen) atoms. The van der Waals surface area contributed by atoms with E-state index in [1.807, 2.05) is 13.8 Å². The zero-order valence-electron chi connectivity index (χ0n) is 9.80. The van der Waals surface area contributed by atoms with Gasteiger partial charge >= 0.3 is 6.18 Å². The van der Waals surface area contributed by atoms with Crippen LogP contribution in [0, 0.1) is 5.41 Å². The minimum absolute atomic E-state index is 0.0321. The standard InChI is InChI=1S/C10H14F3N3O/c1-8(2)4-5(8)6-15-7(17-16-6)9(3,14)10(11,12)13/h5H,4,14H2,1-3H3. The summed E-state index contributed by atoms with van der Waals surface area (Å²) < 4.78 is 42.6. The lowest BCUT2D eigenvalue weighted by Crippen LogP contribution is -2.48. The first kappa shape index (κ1) is 12.3. The van der Waals surface area contributed by atoms with Gasteiger partial charge in [0.1, 0.15) is 0 Å². The van der Waals surface area contributed by atoms with Crippen molar-refractivity contribution >= 4 is 0 Å². The van der Waals surface area contributed by atoms with Gasteiger partial charge in [-0.1, -0.05) is 19.0 Å². The van der Waals surface area contributed by atoms with Crippen molar-refractivity contribution in [1.82, 2.24) is 10.1 Å². The van der Waals surface area contributed by atoms with Gasteiger partial charge in [-0.3, -0.25) is 0 Å². The maximum atomic E-state index is 12.6. The number of halogens is 3. The van der Waals surface area contributed by atoms with Crippen LogP contribution in [0.1, 0.15) is 44.8 Å². The molecule has 0 saturated heterocycles. The molecule has 0 radical (unpaired) electrons. The van der Waals surface area contributed by atoms with E-state index in [9.17, 15) is 13.2 Å². The van der Waals surface area contributed by atoms with Crippen LogP contribution in [0.25, 0.3) is 0 Å². The third-order valence-corrected chi connectivity index (χ3v) is 3.30. The fraction of sp³-hybridized carbons (Fsp3) is 0.800. The lowest BCUT2D eigenvalue weighted by atomic mass is 10.0. The van der Waals surface area contributed by atoms with Crippen LogP contribution in [0.15, 0.2) is 4.52 Å². The second-order valence-electron chi connectivity index (χ2n) is 5.40. The highest BCUT2D eigenvalue weighted by Crippen LogP contribution is 2.57. The average molecular weight is 249 g/mol. The van der Waals surface area contributed by atoms with Gasteiger partial charge < -0.3 is 10.3 Å². The Labute approximate surface area is 96.4 Å². The Kier molecular flexibility index (Phi) is 2.34. The maximum absolute atomic E-state index is 12.6. The summed E-state index contributed by atoms with van der Waals surface area (Å²) >= 11 is 0. The van der Waals surface area contributed by atoms with E-state index in [-0.39, 0.29) is 11.3 Å². The highest BCUT2D eigenvalue weighted by Gasteiger charge is 2.55. The van der Waals surface area contributed by atoms with E-state index in [1.54, 1.807) is 0 Å². The van der Waals surface area contributed by atoms with Gasteiger partial charge in [-0.2, -0.15) is 18.2 Å². The average Bonchev–Trinajstić information content (AvgIpc) is 2.64. The molecule has 1 heterocycles. The summed E-state index contributed by atoms with van der Waals surface area (Å²) in [5, 5.41) is 3.59. The minimum Gasteiger partial charge on any atom is -0.337 e. The van der Waals surface area contributed by atoms with Gasteiger partial charge in [0.25, 0.3) is 5.89 Å². The molecule has 2 unspecified atom stereocenters. The molecule has 4 nitrogen and oxygen atoms in total. The van der Waals surface area contributed by atoms with E-state index in [4.69, 9.17) is 5.73 Å². The van der Waals surface area contributed by atoms with Crippen LogP contribution >= 0.6 is 0 Å². The Morgan fingerprint density at radius 3 is 2.35 bits per heavy atom. The highest BCUT2D eigenvalue weighted by molar-refractivity contribution is 5.16. The van der Waals surface area contributed by atoms with Crippen molar-refractivity contribution in [2.45, 2.75) is 44.8 Å². The van der Waals surface area contributed by atoms with E-state index >= 15 is 0 Å². The molecule has 0 bridgehead atoms. The predicted octanol–water partition coefficient (Wildman–Crippen LogP) is 2.32. The topological polar surface area (TPSA) is 64.9 Å². The van der Waals surface area contributed by atoms with E-state index in [0.717, 1.165) is 13.3 Å². The van der Waals surface area contributed by atoms with Crippen LogP contribution in [0.2, 0.25) is 0 Å². The predicted molar refractivity (Wildman–Crippen MR) is 53.0 cm³/mol. The van der Waals surface area contributed by atoms with Gasteiger partial charge in [0.2, 0.25) is 0 Å². The third kappa shape index (κ3) is 1.92. The Hall–Kier alpha value is -1.11. The highest BCUT2D eigenvalue weighted by atomic mass is 19.4. The zero-order chi connectivity index (χ0) is 13.1. The quantitative estimate of drug-likeness (QED) is 0.873. The molecule has 1 fully saturated rings. The number of hydrogen-bond donors (Lipinski definition) is 1. The molecule has 2 rings (SSSR count). The molecule has 1 aliphatic rings. The Balaban J connectivity index is 2.25. The molecular weight excluding hydrogens is 235 g/mol. The number of aromatic nitrogens is 2. The maximum Gasteiger partial charge on any atom is 0.415 e. The van der Waals surface area contributed by atoms with Crippen molar-refractivity contribution in [3.63, 3.8) is 0 Å². The second kappa shape index (κ2) is 3.22. The van der Waals surface area contributed by atoms with Crippen LogP contribution in [-0.4, -0.2) is 16.3 Å². The summed E-state index contributed by atoms with van der Waals surface area (Å²) in [6.07, 6.45) is -3.77. The summed E-state index contributed by atoms with van der Waals surface area (Å²) in [5.74, 6) is -0.211. The monoisotopic (exact) mass is 249 g/mol. The van der Waals surface area contributed by atoms with E-state index in [1.165, 1.54) is 0 Å². The molecule has 7 heteroatoms. The summed E-state index contributed by atoms with van der Waals surface area (Å²) in [6.45, 7) is 4.82. The van der Waals surface area contributed by atoms with Gasteiger partial charge in [0, 0.05) is 5.92 Å². The summed E-state index contributed by atoms with van der Waals surface area (Å²) in [5.41, 5.74) is 2.63. The van der Waals surface area contributed by atoms with Crippen LogP contribution in [0.3, 0.4) is 0 Å². The van der Waals surface area contributed by atoms with Gasteiger partial charge in [0.15, 0.2) is 11.4 Å². The lowest BCUT2D eigenvalue weighted by Gasteiger charge is -2.22. The Morgan fingerprint density at radius 2 is 1.94 bits per heavy atom. The van der Waals surface area contributed by atoms with Gasteiger partial charge in [0.05, 0.1) is 0 Å². The van der Waals surface area contributed by atoms with Crippen molar-refractivity contribution in [3.05, 3.63) is 11.7 Å². The van der Waals surface area contributed by atoms with Gasteiger partial charge in [-0.05, 0) is 18.8 Å². The fourth-order valence-electron chi connectivity index (χ4n) is 1.62. The summed E-state index contributed by atoms with van der Waals surface area (Å²) in [4.78, 5) is 3.78. The lowest BCUT2D eigenvalue weighted by molar-refractivity contribution is -0.190. The van der Waals surface area contributed by atoms with E-state index in [0.29, 0.717) is 5.82 Å². The molecule has 1 aromatic rings. The SMILES string of the molecule is CC1(C)CC1c1noc(C(C)(N)C(F)(F)F)n1. The molecule has 2 atom stereocenters. The fourth-order valence-corrected chi connectivity index (χ4v) is 1.62. The second-order valence-corrected chi connectivity index (χ2v) is 5.40. The van der Waals surface area contributed by atoms with Gasteiger partial charge in [-0.15, -0.1) is 0 Å². The molecular formula is C10H14F3N3O. The summed E-state index contributed by atoms with van der Waals surface area (Å²) in [6, 6.07) is 0. The first-order valence-corrected chi connectivity index (χ1v) is 5.25.